The predicted octanol–water partition coefficient (Wildman–Crippen LogP) is 2.96. The normalized spacial score (nSPS) is 14.6. The summed E-state index contributed by atoms with van der Waals surface area (Å²) in [4.78, 5) is 27.5. The second kappa shape index (κ2) is 7.22. The van der Waals surface area contributed by atoms with Gasteiger partial charge >= 0.3 is 0 Å². The maximum atomic E-state index is 13.8. The molecule has 28 heavy (non-hydrogen) atoms. The quantitative estimate of drug-likeness (QED) is 0.700. The lowest BCUT2D eigenvalue weighted by atomic mass is 10.1. The van der Waals surface area contributed by atoms with Crippen LogP contribution in [0.2, 0.25) is 0 Å². The Morgan fingerprint density at radius 3 is 2.61 bits per heavy atom. The largest absolute Gasteiger partial charge is 0.341 e. The van der Waals surface area contributed by atoms with E-state index in [1.54, 1.807) is 16.8 Å². The van der Waals surface area contributed by atoms with Crippen molar-refractivity contribution in [2.45, 2.75) is 39.7 Å². The molecule has 3 heterocycles. The summed E-state index contributed by atoms with van der Waals surface area (Å²) in [5.74, 6) is -0.457. The number of aryl methyl sites for hydroxylation is 2. The fourth-order valence-corrected chi connectivity index (χ4v) is 3.98. The molecule has 0 radical (unpaired) electrons. The molecular formula is C21H23FN4O2. The molecule has 1 aliphatic heterocycles. The van der Waals surface area contributed by atoms with Crippen LogP contribution < -0.4 is 5.56 Å². The second-order valence-electron chi connectivity index (χ2n) is 7.37. The summed E-state index contributed by atoms with van der Waals surface area (Å²) in [7, 11) is 0. The molecule has 1 amide bonds. The molecule has 0 aliphatic carbocycles. The van der Waals surface area contributed by atoms with E-state index in [1.165, 1.54) is 22.8 Å². The smallest absolute Gasteiger partial charge is 0.252 e. The zero-order valence-corrected chi connectivity index (χ0v) is 16.1. The third-order valence-corrected chi connectivity index (χ3v) is 5.35. The minimum Gasteiger partial charge on any atom is -0.341 e. The highest BCUT2D eigenvalue weighted by molar-refractivity contribution is 5.85. The van der Waals surface area contributed by atoms with Gasteiger partial charge in [-0.2, -0.15) is 5.10 Å². The van der Waals surface area contributed by atoms with Gasteiger partial charge in [-0.25, -0.2) is 9.07 Å². The molecule has 1 saturated heterocycles. The standard InChI is InChI=1S/C21H23FN4O2/c1-14-11-18(27)25(13-19(28)24-9-4-3-5-10-24)21-20(14)15(2)23-26(21)17-8-6-7-16(22)12-17/h6-8,11-12H,3-5,9-10,13H2,1-2H3. The van der Waals surface area contributed by atoms with Gasteiger partial charge in [0, 0.05) is 24.5 Å². The molecule has 3 aromatic rings. The van der Waals surface area contributed by atoms with E-state index in [9.17, 15) is 14.0 Å². The van der Waals surface area contributed by atoms with Crippen molar-refractivity contribution in [1.29, 1.82) is 0 Å². The lowest BCUT2D eigenvalue weighted by molar-refractivity contribution is -0.132. The summed E-state index contributed by atoms with van der Waals surface area (Å²) in [6.45, 7) is 5.11. The van der Waals surface area contributed by atoms with Gasteiger partial charge in [-0.1, -0.05) is 6.07 Å². The number of piperidine rings is 1. The monoisotopic (exact) mass is 382 g/mol. The summed E-state index contributed by atoms with van der Waals surface area (Å²) in [6.07, 6.45) is 3.11. The van der Waals surface area contributed by atoms with E-state index in [2.05, 4.69) is 5.10 Å². The maximum Gasteiger partial charge on any atom is 0.252 e. The Labute approximate surface area is 162 Å². The SMILES string of the molecule is Cc1cc(=O)n(CC(=O)N2CCCCC2)c2c1c(C)nn2-c1cccc(F)c1. The van der Waals surface area contributed by atoms with Crippen LogP contribution in [-0.4, -0.2) is 38.2 Å². The molecule has 0 atom stereocenters. The highest BCUT2D eigenvalue weighted by Crippen LogP contribution is 2.24. The van der Waals surface area contributed by atoms with Gasteiger partial charge in [-0.3, -0.25) is 14.2 Å². The molecule has 0 saturated carbocycles. The molecule has 1 fully saturated rings. The van der Waals surface area contributed by atoms with Crippen LogP contribution in [0.3, 0.4) is 0 Å². The van der Waals surface area contributed by atoms with Crippen molar-refractivity contribution in [3.8, 4) is 5.69 Å². The van der Waals surface area contributed by atoms with Crippen LogP contribution in [-0.2, 0) is 11.3 Å². The fourth-order valence-electron chi connectivity index (χ4n) is 3.98. The van der Waals surface area contributed by atoms with Crippen molar-refractivity contribution in [2.24, 2.45) is 0 Å². The Hall–Kier alpha value is -2.96. The molecule has 1 aromatic carbocycles. The average molecular weight is 382 g/mol. The number of aromatic nitrogens is 3. The molecule has 0 N–H and O–H groups in total. The van der Waals surface area contributed by atoms with E-state index < -0.39 is 0 Å². The summed E-state index contributed by atoms with van der Waals surface area (Å²) >= 11 is 0. The lowest BCUT2D eigenvalue weighted by Gasteiger charge is -2.27. The number of halogens is 1. The molecule has 146 valence electrons. The average Bonchev–Trinajstić information content (AvgIpc) is 3.03. The van der Waals surface area contributed by atoms with Crippen molar-refractivity contribution in [2.75, 3.05) is 13.1 Å². The predicted molar refractivity (Wildman–Crippen MR) is 105 cm³/mol. The molecule has 6 nitrogen and oxygen atoms in total. The number of fused-ring (bicyclic) bond motifs is 1. The van der Waals surface area contributed by atoms with E-state index in [0.717, 1.165) is 49.0 Å². The topological polar surface area (TPSA) is 60.1 Å². The minimum absolute atomic E-state index is 0.0456. The summed E-state index contributed by atoms with van der Waals surface area (Å²) < 4.78 is 16.8. The van der Waals surface area contributed by atoms with E-state index in [1.807, 2.05) is 18.7 Å². The number of likely N-dealkylation sites (tertiary alicyclic amines) is 1. The Morgan fingerprint density at radius 1 is 1.14 bits per heavy atom. The van der Waals surface area contributed by atoms with E-state index in [-0.39, 0.29) is 23.8 Å². The van der Waals surface area contributed by atoms with Crippen molar-refractivity contribution < 1.29 is 9.18 Å². The summed E-state index contributed by atoms with van der Waals surface area (Å²) in [5, 5.41) is 5.36. The first-order valence-electron chi connectivity index (χ1n) is 9.59. The van der Waals surface area contributed by atoms with Crippen LogP contribution in [0.25, 0.3) is 16.7 Å². The van der Waals surface area contributed by atoms with E-state index in [0.29, 0.717) is 11.3 Å². The molecular weight excluding hydrogens is 359 g/mol. The van der Waals surface area contributed by atoms with Gasteiger partial charge in [0.2, 0.25) is 5.91 Å². The van der Waals surface area contributed by atoms with Crippen molar-refractivity contribution in [3.63, 3.8) is 0 Å². The van der Waals surface area contributed by atoms with Crippen molar-refractivity contribution in [3.05, 3.63) is 57.8 Å². The van der Waals surface area contributed by atoms with Gasteiger partial charge in [0.05, 0.1) is 11.4 Å². The van der Waals surface area contributed by atoms with Gasteiger partial charge in [0.15, 0.2) is 0 Å². The number of hydrogen-bond donors (Lipinski definition) is 0. The van der Waals surface area contributed by atoms with Crippen LogP contribution in [0.1, 0.15) is 30.5 Å². The first-order valence-corrected chi connectivity index (χ1v) is 9.59. The van der Waals surface area contributed by atoms with Crippen molar-refractivity contribution in [1.82, 2.24) is 19.2 Å². The Morgan fingerprint density at radius 2 is 1.89 bits per heavy atom. The Bertz CT molecular complexity index is 1110. The molecule has 2 aromatic heterocycles. The van der Waals surface area contributed by atoms with Crippen molar-refractivity contribution >= 4 is 16.9 Å². The van der Waals surface area contributed by atoms with Crippen LogP contribution in [0.5, 0.6) is 0 Å². The van der Waals surface area contributed by atoms with Crippen LogP contribution in [0.15, 0.2) is 35.1 Å². The fraction of sp³-hybridized carbons (Fsp3) is 0.381. The number of amides is 1. The zero-order chi connectivity index (χ0) is 19.8. The molecule has 7 heteroatoms. The number of benzene rings is 1. The molecule has 0 bridgehead atoms. The summed E-state index contributed by atoms with van der Waals surface area (Å²) in [6, 6.07) is 7.61. The third kappa shape index (κ3) is 3.21. The van der Waals surface area contributed by atoms with Crippen LogP contribution in [0, 0.1) is 19.7 Å². The van der Waals surface area contributed by atoms with Gasteiger partial charge in [0.1, 0.15) is 18.0 Å². The number of nitrogens with zero attached hydrogens (tertiary/aromatic N) is 4. The van der Waals surface area contributed by atoms with Gasteiger partial charge in [-0.05, 0) is 56.9 Å². The lowest BCUT2D eigenvalue weighted by Crippen LogP contribution is -2.39. The Kier molecular flexibility index (Phi) is 4.75. The minimum atomic E-state index is -0.384. The molecule has 0 unspecified atom stereocenters. The summed E-state index contributed by atoms with van der Waals surface area (Å²) in [5.41, 5.74) is 2.31. The van der Waals surface area contributed by atoms with Gasteiger partial charge in [0.25, 0.3) is 5.56 Å². The highest BCUT2D eigenvalue weighted by Gasteiger charge is 2.22. The number of hydrogen-bond acceptors (Lipinski definition) is 3. The molecule has 0 spiro atoms. The van der Waals surface area contributed by atoms with Gasteiger partial charge in [-0.15, -0.1) is 0 Å². The Balaban J connectivity index is 1.88. The zero-order valence-electron chi connectivity index (χ0n) is 16.1. The first-order chi connectivity index (χ1) is 13.5. The van der Waals surface area contributed by atoms with Crippen LogP contribution in [0.4, 0.5) is 4.39 Å². The molecule has 1 aliphatic rings. The van der Waals surface area contributed by atoms with E-state index in [4.69, 9.17) is 0 Å². The van der Waals surface area contributed by atoms with E-state index >= 15 is 0 Å². The highest BCUT2D eigenvalue weighted by atomic mass is 19.1. The first kappa shape index (κ1) is 18.4. The third-order valence-electron chi connectivity index (χ3n) is 5.35. The number of rotatable bonds is 3. The maximum absolute atomic E-state index is 13.8. The number of carbonyl (C=O) groups excluding carboxylic acids is 1. The molecule has 4 rings (SSSR count). The second-order valence-corrected chi connectivity index (χ2v) is 7.37. The number of carbonyl (C=O) groups is 1. The number of pyridine rings is 1. The van der Waals surface area contributed by atoms with Gasteiger partial charge < -0.3 is 4.90 Å². The van der Waals surface area contributed by atoms with Crippen LogP contribution >= 0.6 is 0 Å².